The first-order valence-corrected chi connectivity index (χ1v) is 50.7. The number of hydrogen-bond acceptors (Lipinski definition) is 26. The van der Waals surface area contributed by atoms with E-state index in [-0.39, 0.29) is 66.8 Å². The highest BCUT2D eigenvalue weighted by Crippen LogP contribution is 2.61. The van der Waals surface area contributed by atoms with Crippen molar-refractivity contribution in [3.05, 3.63) is 135 Å². The number of rotatable bonds is 17. The average molecular weight is 1760 g/mol. The van der Waals surface area contributed by atoms with E-state index in [9.17, 15) is 50.5 Å². The van der Waals surface area contributed by atoms with Gasteiger partial charge in [0, 0.05) is 189 Å². The van der Waals surface area contributed by atoms with Crippen molar-refractivity contribution < 1.29 is 50.5 Å². The van der Waals surface area contributed by atoms with Gasteiger partial charge in [-0.3, -0.25) is 15.0 Å². The topological polar surface area (TPSA) is 449 Å². The quantitative estimate of drug-likeness (QED) is 0.0581. The van der Waals surface area contributed by atoms with Gasteiger partial charge < -0.3 is 61.5 Å². The number of nitrogens with zero attached hydrogens (tertiary/aromatic N) is 11. The van der Waals surface area contributed by atoms with Crippen LogP contribution in [0.4, 0.5) is 0 Å². The number of hydrogen-bond donors (Lipinski definition) is 14. The number of fused-ring (bicyclic) bond motifs is 15. The Morgan fingerprint density at radius 3 is 1.14 bits per heavy atom. The highest BCUT2D eigenvalue weighted by Gasteiger charge is 2.59. The van der Waals surface area contributed by atoms with Crippen LogP contribution < -0.4 is 62.8 Å². The van der Waals surface area contributed by atoms with E-state index in [1.807, 2.05) is 57.7 Å². The zero-order chi connectivity index (χ0) is 87.2. The molecule has 658 valence electrons. The van der Waals surface area contributed by atoms with Crippen LogP contribution in [0.15, 0.2) is 99.2 Å². The van der Waals surface area contributed by atoms with Gasteiger partial charge in [-0.2, -0.15) is 25.5 Å². The Labute approximate surface area is 737 Å². The van der Waals surface area contributed by atoms with Crippen molar-refractivity contribution in [2.24, 2.45) is 90.6 Å². The van der Waals surface area contributed by atoms with Crippen LogP contribution in [0.5, 0.6) is 0 Å². The molecule has 12 heterocycles. The van der Waals surface area contributed by atoms with Crippen molar-refractivity contribution in [3.63, 3.8) is 0 Å². The van der Waals surface area contributed by atoms with Gasteiger partial charge in [-0.05, 0) is 181 Å². The predicted octanol–water partition coefficient (Wildman–Crippen LogP) is 3.37. The maximum absolute atomic E-state index is 12.0. The maximum Gasteiger partial charge on any atom is 0.468 e. The number of hydrazone groups is 5. The third-order valence-corrected chi connectivity index (χ3v) is 34.8. The molecule has 14 N–H and O–H groups in total. The lowest BCUT2D eigenvalue weighted by atomic mass is 9.48. The monoisotopic (exact) mass is 1760 g/mol. The summed E-state index contributed by atoms with van der Waals surface area (Å²) >= 11 is 0. The molecule has 5 aliphatic heterocycles. The number of H-pyrrole nitrogens is 2. The van der Waals surface area contributed by atoms with E-state index < -0.39 is 62.4 Å². The van der Waals surface area contributed by atoms with Crippen molar-refractivity contribution >= 4 is 161 Å². The van der Waals surface area contributed by atoms with Gasteiger partial charge in [0.25, 0.3) is 0 Å². The van der Waals surface area contributed by atoms with Crippen molar-refractivity contribution in [1.29, 1.82) is 0 Å². The van der Waals surface area contributed by atoms with Crippen LogP contribution in [0.1, 0.15) is 204 Å². The third-order valence-electron chi connectivity index (χ3n) is 29.9. The first kappa shape index (κ1) is 85.4. The summed E-state index contributed by atoms with van der Waals surface area (Å²) in [5.74, 6) is 5.68. The molecule has 126 heavy (non-hydrogen) atoms. The second-order valence-electron chi connectivity index (χ2n) is 38.9. The van der Waals surface area contributed by atoms with Gasteiger partial charge in [-0.1, -0.05) is 70.9 Å². The summed E-state index contributed by atoms with van der Waals surface area (Å²) in [6.07, 6.45) is 44.9. The minimum Gasteiger partial charge on any atom is -0.428 e. The highest BCUT2D eigenvalue weighted by atomic mass is 32.2. The maximum atomic E-state index is 12.0. The summed E-state index contributed by atoms with van der Waals surface area (Å²) in [6, 6.07) is 4.16. The van der Waals surface area contributed by atoms with Crippen LogP contribution in [-0.4, -0.2) is 207 Å². The van der Waals surface area contributed by atoms with Gasteiger partial charge in [0.2, 0.25) is 30.1 Å². The number of sulfonamides is 3. The first-order valence-electron chi connectivity index (χ1n) is 45.7. The lowest BCUT2D eigenvalue weighted by Crippen LogP contribution is -2.58. The normalized spacial score (nSPS) is 29.9. The molecule has 31 nitrogen and oxygen atoms in total. The van der Waals surface area contributed by atoms with E-state index in [0.29, 0.717) is 54.8 Å². The highest BCUT2D eigenvalue weighted by molar-refractivity contribution is 7.90. The fraction of sp³-hybridized carbons (Fsp3) is 0.540. The van der Waals surface area contributed by atoms with Crippen molar-refractivity contribution in [1.82, 2.24) is 75.3 Å². The Hall–Kier alpha value is -8.75. The average Bonchev–Trinajstić information content (AvgIpc) is 0.865. The van der Waals surface area contributed by atoms with Crippen molar-refractivity contribution in [3.8, 4) is 0 Å². The molecule has 2 unspecified atom stereocenters. The Balaban J connectivity index is 0.0000000993. The van der Waals surface area contributed by atoms with E-state index in [0.717, 1.165) is 203 Å². The van der Waals surface area contributed by atoms with Crippen LogP contribution in [-0.2, 0) is 49.3 Å². The minimum absolute atomic E-state index is 0.0368. The summed E-state index contributed by atoms with van der Waals surface area (Å²) in [6.45, 7) is 10.3. The molecule has 0 saturated heterocycles. The molecular formula is C87H111B5N20O11S3. The summed E-state index contributed by atoms with van der Waals surface area (Å²) in [4.78, 5) is 30.6. The molecule has 26 rings (SSSR count). The number of aromatic amines is 2. The molecule has 7 aromatic rings. The number of pyridine rings is 5. The van der Waals surface area contributed by atoms with Gasteiger partial charge >= 0.3 is 34.8 Å². The molecule has 39 heteroatoms. The number of nitrogens with one attached hydrogen (secondary N) is 9. The van der Waals surface area contributed by atoms with Gasteiger partial charge in [0.05, 0.1) is 74.1 Å². The third kappa shape index (κ3) is 15.9. The second-order valence-corrected chi connectivity index (χ2v) is 44.5. The fourth-order valence-electron chi connectivity index (χ4n) is 24.7. The molecule has 7 aromatic heterocycles. The van der Waals surface area contributed by atoms with E-state index in [1.54, 1.807) is 30.6 Å². The van der Waals surface area contributed by atoms with Gasteiger partial charge in [-0.25, -0.2) is 49.4 Å². The van der Waals surface area contributed by atoms with Crippen LogP contribution in [0, 0.1) is 65.1 Å². The van der Waals surface area contributed by atoms with Crippen LogP contribution in [0.2, 0.25) is 13.6 Å². The largest absolute Gasteiger partial charge is 0.468 e. The second kappa shape index (κ2) is 33.3. The Kier molecular flexibility index (Phi) is 22.6. The van der Waals surface area contributed by atoms with Crippen LogP contribution >= 0.6 is 0 Å². The molecule has 8 bridgehead atoms. The molecular weight excluding hydrogens is 1650 g/mol. The van der Waals surface area contributed by atoms with Gasteiger partial charge in [0.1, 0.15) is 11.3 Å². The van der Waals surface area contributed by atoms with Gasteiger partial charge in [0.15, 0.2) is 0 Å². The number of aliphatic hydroxyl groups is 2. The van der Waals surface area contributed by atoms with E-state index in [1.165, 1.54) is 69.9 Å². The molecule has 19 aliphatic rings. The van der Waals surface area contributed by atoms with Crippen LogP contribution in [0.25, 0.3) is 40.3 Å². The molecule has 14 aliphatic carbocycles. The van der Waals surface area contributed by atoms with Crippen molar-refractivity contribution in [2.75, 3.05) is 24.3 Å². The smallest absolute Gasteiger partial charge is 0.428 e. The SMILES string of the molecule is CB1NN=C(C2C3CC4CC2CC(O)(C4)C3)c2c1cnc1[nH]ccc21.CB1NN=C(C2[C@H]3CC4C[C@H]2CC(O)(C4)C3)c2c1cnc1[nH]ccc21.CCCS(=O)(=O)NC1CC(C2=NN(C)B(O)c3cnc4c(c32)C=CC4)C1.CCCS(=O)(=O)NC1CC(C2=NNB(O)c3cnc4c(c32)C=CC4)C1.CCCS(=O)(=O)NC1CC(C2=NNB(O)c3cnc4c(c32)C=CC4)C1. The van der Waals surface area contributed by atoms with E-state index >= 15 is 0 Å². The number of aromatic nitrogens is 7. The van der Waals surface area contributed by atoms with Crippen molar-refractivity contribution in [2.45, 2.75) is 205 Å². The summed E-state index contributed by atoms with van der Waals surface area (Å²) in [5.41, 5.74) is 22.7. The fourth-order valence-corrected chi connectivity index (χ4v) is 28.8. The molecule has 0 radical (unpaired) electrons. The van der Waals surface area contributed by atoms with Crippen LogP contribution in [0.3, 0.4) is 0 Å². The molecule has 4 atom stereocenters. The molecule has 0 spiro atoms. The molecule has 0 aromatic carbocycles. The molecule has 0 amide bonds. The molecule has 11 saturated carbocycles. The standard InChI is InChI=1S/2C19H23BN4O.C17H23BN4O3S.2C16H21BN4O3S/c2*1-20-14-9-22-18-13(2-3-21-18)16(14)17(23-24-20)15-11-4-10-5-12(15)8-19(25,6-10)7-11;1-3-7-26(24,25)21-12-8-11(9-12)17-16-13-5-4-6-15(13)19-10-14(16)18(23)22(2)20-17;2*1-2-6-25(23,24)20-11-7-10(8-11)16-15-12-4-3-5-14(12)18-9-13(15)17(22)21-19-16/h2*2-3,9-12,15,24-25H,4-8H2,1H3,(H,21,22);4-5,10-12,21,23H,3,6-9H2,1-2H3;2*3-4,9-11,20-22H,2,5-8H2,1H3/t10?,11-,12-,15?,19?;;;;/m0..../s1. The Morgan fingerprint density at radius 1 is 0.437 bits per heavy atom. The van der Waals surface area contributed by atoms with E-state index in [2.05, 4.69) is 136 Å². The Morgan fingerprint density at radius 2 is 0.778 bits per heavy atom. The summed E-state index contributed by atoms with van der Waals surface area (Å²) in [7, 11) is -10.4. The number of allylic oxidation sites excluding steroid dienone is 3. The van der Waals surface area contributed by atoms with E-state index in [4.69, 9.17) is 10.2 Å². The zero-order valence-corrected chi connectivity index (χ0v) is 74.6. The lowest BCUT2D eigenvalue weighted by molar-refractivity contribution is -0.138. The Bertz CT molecular complexity index is 5810. The summed E-state index contributed by atoms with van der Waals surface area (Å²) in [5, 5.41) is 90.5. The predicted molar refractivity (Wildman–Crippen MR) is 497 cm³/mol. The zero-order valence-electron chi connectivity index (χ0n) is 72.1. The first-order chi connectivity index (χ1) is 60.6. The van der Waals surface area contributed by atoms with Gasteiger partial charge in [-0.15, -0.1) is 0 Å². The lowest BCUT2D eigenvalue weighted by Gasteiger charge is -2.58. The minimum atomic E-state index is -3.20. The molecule has 11 fully saturated rings. The summed E-state index contributed by atoms with van der Waals surface area (Å²) < 4.78 is 79.9.